The summed E-state index contributed by atoms with van der Waals surface area (Å²) in [5.41, 5.74) is 7.45. The van der Waals surface area contributed by atoms with Gasteiger partial charge in [0.15, 0.2) is 0 Å². The number of nitrogen functional groups attached to an aromatic ring is 1. The molecule has 0 spiro atoms. The van der Waals surface area contributed by atoms with Gasteiger partial charge in [0.1, 0.15) is 18.5 Å². The number of hydrogen-bond acceptors (Lipinski definition) is 6. The minimum Gasteiger partial charge on any atom is -0.404 e. The first kappa shape index (κ1) is 13.0. The molecule has 0 saturated heterocycles. The number of ether oxygens (including phenoxy) is 1. The molecule has 0 aliphatic carbocycles. The topological polar surface area (TPSA) is 91.7 Å². The third-order valence-electron chi connectivity index (χ3n) is 2.97. The Morgan fingerprint density at radius 2 is 1.95 bits per heavy atom. The van der Waals surface area contributed by atoms with E-state index in [1.54, 1.807) is 11.0 Å². The van der Waals surface area contributed by atoms with Crippen molar-refractivity contribution in [2.24, 2.45) is 0 Å². The summed E-state index contributed by atoms with van der Waals surface area (Å²) >= 11 is 0. The Labute approximate surface area is 121 Å². The fourth-order valence-corrected chi connectivity index (χ4v) is 1.92. The third kappa shape index (κ3) is 2.66. The Morgan fingerprint density at radius 3 is 2.71 bits per heavy atom. The standard InChI is InChI=1S/C14H14N6O/c1-2-11-12(15)16-8-17-13(11)21-14-18-9-20(19-14)10-6-4-3-5-7-10/h3-9H,2H2,1H3,(H2,15,16,17). The van der Waals surface area contributed by atoms with E-state index in [2.05, 4.69) is 20.1 Å². The van der Waals surface area contributed by atoms with Gasteiger partial charge in [0.2, 0.25) is 5.88 Å². The molecule has 3 rings (SSSR count). The average molecular weight is 282 g/mol. The van der Waals surface area contributed by atoms with Crippen LogP contribution in [-0.2, 0) is 6.42 Å². The van der Waals surface area contributed by atoms with Crippen LogP contribution >= 0.6 is 0 Å². The van der Waals surface area contributed by atoms with Crippen molar-refractivity contribution in [3.63, 3.8) is 0 Å². The van der Waals surface area contributed by atoms with Crippen molar-refractivity contribution < 1.29 is 4.74 Å². The average Bonchev–Trinajstić information content (AvgIpc) is 2.97. The molecule has 0 radical (unpaired) electrons. The van der Waals surface area contributed by atoms with Crippen LogP contribution in [0.4, 0.5) is 5.82 Å². The van der Waals surface area contributed by atoms with Gasteiger partial charge in [-0.3, -0.25) is 0 Å². The molecule has 1 aromatic carbocycles. The number of anilines is 1. The predicted molar refractivity (Wildman–Crippen MR) is 77.3 cm³/mol. The van der Waals surface area contributed by atoms with Gasteiger partial charge in [-0.1, -0.05) is 25.1 Å². The number of nitrogens with zero attached hydrogens (tertiary/aromatic N) is 5. The number of rotatable bonds is 4. The van der Waals surface area contributed by atoms with Crippen LogP contribution in [0.1, 0.15) is 12.5 Å². The minimum absolute atomic E-state index is 0.214. The summed E-state index contributed by atoms with van der Waals surface area (Å²) in [6.45, 7) is 1.96. The molecule has 2 N–H and O–H groups in total. The highest BCUT2D eigenvalue weighted by Gasteiger charge is 2.12. The molecule has 0 aliphatic rings. The van der Waals surface area contributed by atoms with Crippen molar-refractivity contribution in [2.75, 3.05) is 5.73 Å². The largest absolute Gasteiger partial charge is 0.404 e. The van der Waals surface area contributed by atoms with Gasteiger partial charge >= 0.3 is 6.01 Å². The normalized spacial score (nSPS) is 10.5. The van der Waals surface area contributed by atoms with Crippen LogP contribution in [0.3, 0.4) is 0 Å². The molecule has 106 valence electrons. The summed E-state index contributed by atoms with van der Waals surface area (Å²) in [5, 5.41) is 4.26. The molecule has 0 fully saturated rings. The van der Waals surface area contributed by atoms with Crippen molar-refractivity contribution in [3.8, 4) is 17.6 Å². The van der Waals surface area contributed by atoms with Gasteiger partial charge in [-0.05, 0) is 18.6 Å². The Morgan fingerprint density at radius 1 is 1.14 bits per heavy atom. The van der Waals surface area contributed by atoms with Crippen LogP contribution in [0.5, 0.6) is 11.9 Å². The van der Waals surface area contributed by atoms with Crippen LogP contribution in [0.25, 0.3) is 5.69 Å². The number of benzene rings is 1. The summed E-state index contributed by atoms with van der Waals surface area (Å²) in [6.07, 6.45) is 3.61. The lowest BCUT2D eigenvalue weighted by Gasteiger charge is -2.06. The maximum atomic E-state index is 5.80. The van der Waals surface area contributed by atoms with Crippen LogP contribution < -0.4 is 10.5 Å². The molecule has 0 amide bonds. The number of para-hydroxylation sites is 1. The van der Waals surface area contributed by atoms with Crippen LogP contribution in [0.2, 0.25) is 0 Å². The second kappa shape index (κ2) is 5.58. The van der Waals surface area contributed by atoms with Crippen molar-refractivity contribution in [2.45, 2.75) is 13.3 Å². The zero-order valence-corrected chi connectivity index (χ0v) is 11.5. The zero-order valence-electron chi connectivity index (χ0n) is 11.5. The lowest BCUT2D eigenvalue weighted by Crippen LogP contribution is -2.02. The van der Waals surface area contributed by atoms with E-state index in [1.807, 2.05) is 37.3 Å². The van der Waals surface area contributed by atoms with Crippen molar-refractivity contribution >= 4 is 5.82 Å². The Balaban J connectivity index is 1.87. The van der Waals surface area contributed by atoms with Gasteiger partial charge < -0.3 is 10.5 Å². The minimum atomic E-state index is 0.214. The fraction of sp³-hybridized carbons (Fsp3) is 0.143. The molecule has 0 bridgehead atoms. The lowest BCUT2D eigenvalue weighted by molar-refractivity contribution is 0.419. The van der Waals surface area contributed by atoms with E-state index >= 15 is 0 Å². The summed E-state index contributed by atoms with van der Waals surface area (Å²) < 4.78 is 7.24. The van der Waals surface area contributed by atoms with Gasteiger partial charge in [-0.2, -0.15) is 4.98 Å². The monoisotopic (exact) mass is 282 g/mol. The van der Waals surface area contributed by atoms with E-state index in [4.69, 9.17) is 10.5 Å². The van der Waals surface area contributed by atoms with Crippen LogP contribution in [0.15, 0.2) is 43.0 Å². The molecule has 7 nitrogen and oxygen atoms in total. The van der Waals surface area contributed by atoms with Crippen molar-refractivity contribution in [1.29, 1.82) is 0 Å². The molecular weight excluding hydrogens is 268 g/mol. The van der Waals surface area contributed by atoms with Crippen molar-refractivity contribution in [1.82, 2.24) is 24.7 Å². The highest BCUT2D eigenvalue weighted by atomic mass is 16.5. The van der Waals surface area contributed by atoms with Gasteiger partial charge in [0.25, 0.3) is 0 Å². The zero-order chi connectivity index (χ0) is 14.7. The van der Waals surface area contributed by atoms with Gasteiger partial charge in [-0.25, -0.2) is 14.6 Å². The maximum Gasteiger partial charge on any atom is 0.342 e. The molecule has 0 unspecified atom stereocenters. The molecule has 21 heavy (non-hydrogen) atoms. The van der Waals surface area contributed by atoms with E-state index in [1.165, 1.54) is 6.33 Å². The third-order valence-corrected chi connectivity index (χ3v) is 2.97. The first-order chi connectivity index (χ1) is 10.3. The second-order valence-corrected chi connectivity index (χ2v) is 4.31. The molecule has 3 aromatic rings. The van der Waals surface area contributed by atoms with E-state index in [-0.39, 0.29) is 6.01 Å². The smallest absolute Gasteiger partial charge is 0.342 e. The molecule has 2 heterocycles. The van der Waals surface area contributed by atoms with Crippen molar-refractivity contribution in [3.05, 3.63) is 48.5 Å². The second-order valence-electron chi connectivity index (χ2n) is 4.31. The lowest BCUT2D eigenvalue weighted by atomic mass is 10.2. The number of nitrogens with two attached hydrogens (primary N) is 1. The Bertz CT molecular complexity index is 740. The molecule has 0 atom stereocenters. The highest BCUT2D eigenvalue weighted by Crippen LogP contribution is 2.23. The highest BCUT2D eigenvalue weighted by molar-refractivity contribution is 5.45. The Hall–Kier alpha value is -2.96. The maximum absolute atomic E-state index is 5.80. The summed E-state index contributed by atoms with van der Waals surface area (Å²) in [5.74, 6) is 0.792. The molecule has 7 heteroatoms. The van der Waals surface area contributed by atoms with Crippen LogP contribution in [0, 0.1) is 0 Å². The van der Waals surface area contributed by atoms with Gasteiger partial charge in [-0.15, -0.1) is 5.10 Å². The quantitative estimate of drug-likeness (QED) is 0.786. The van der Waals surface area contributed by atoms with Gasteiger partial charge in [0.05, 0.1) is 11.3 Å². The van der Waals surface area contributed by atoms with E-state index < -0.39 is 0 Å². The summed E-state index contributed by atoms with van der Waals surface area (Å²) in [6, 6.07) is 9.87. The number of hydrogen-bond donors (Lipinski definition) is 1. The summed E-state index contributed by atoms with van der Waals surface area (Å²) in [7, 11) is 0. The molecule has 0 aliphatic heterocycles. The predicted octanol–water partition coefficient (Wildman–Crippen LogP) is 1.99. The molecular formula is C14H14N6O. The molecule has 0 saturated carbocycles. The van der Waals surface area contributed by atoms with E-state index in [0.717, 1.165) is 11.3 Å². The fourth-order valence-electron chi connectivity index (χ4n) is 1.92. The van der Waals surface area contributed by atoms with Crippen LogP contribution in [-0.4, -0.2) is 24.7 Å². The van der Waals surface area contributed by atoms with E-state index in [0.29, 0.717) is 18.1 Å². The molecule has 2 aromatic heterocycles. The Kier molecular flexibility index (Phi) is 3.46. The SMILES string of the molecule is CCc1c(N)ncnc1Oc1ncn(-c2ccccc2)n1. The summed E-state index contributed by atoms with van der Waals surface area (Å²) in [4.78, 5) is 12.2. The van der Waals surface area contributed by atoms with Gasteiger partial charge in [0, 0.05) is 0 Å². The number of aromatic nitrogens is 5. The first-order valence-electron chi connectivity index (χ1n) is 6.52. The van der Waals surface area contributed by atoms with E-state index in [9.17, 15) is 0 Å². The first-order valence-corrected chi connectivity index (χ1v) is 6.52.